The summed E-state index contributed by atoms with van der Waals surface area (Å²) in [6.45, 7) is 4.38. The molecule has 1 heterocycles. The number of rotatable bonds is 1. The van der Waals surface area contributed by atoms with Crippen LogP contribution in [-0.2, 0) is 7.05 Å². The minimum Gasteiger partial charge on any atom is -0.328 e. The molecule has 3 heteroatoms. The second kappa shape index (κ2) is 3.97. The molecule has 0 aliphatic heterocycles. The van der Waals surface area contributed by atoms with Crippen LogP contribution in [0.15, 0.2) is 6.07 Å². The van der Waals surface area contributed by atoms with Gasteiger partial charge in [0.25, 0.3) is 0 Å². The van der Waals surface area contributed by atoms with Gasteiger partial charge in [-0.05, 0) is 38.2 Å². The predicted octanol–water partition coefficient (Wildman–Crippen LogP) is 1.96. The molecule has 1 aliphatic rings. The molecule has 2 rings (SSSR count). The van der Waals surface area contributed by atoms with E-state index in [9.17, 15) is 0 Å². The first-order valence-electron chi connectivity index (χ1n) is 5.84. The standard InChI is InChI=1S/C12H21N3/c1-8-4-5-10(13)7-11(8)12-6-9(2)14-15(12)3/h6,8,10-11H,4-5,7,13H2,1-3H3. The van der Waals surface area contributed by atoms with Crippen molar-refractivity contribution in [3.63, 3.8) is 0 Å². The van der Waals surface area contributed by atoms with Crippen LogP contribution in [0.5, 0.6) is 0 Å². The predicted molar refractivity (Wildman–Crippen MR) is 61.7 cm³/mol. The van der Waals surface area contributed by atoms with Crippen molar-refractivity contribution in [2.24, 2.45) is 18.7 Å². The molecule has 0 amide bonds. The summed E-state index contributed by atoms with van der Waals surface area (Å²) < 4.78 is 2.02. The lowest BCUT2D eigenvalue weighted by Crippen LogP contribution is -2.31. The lowest BCUT2D eigenvalue weighted by Gasteiger charge is -2.32. The molecular weight excluding hydrogens is 186 g/mol. The van der Waals surface area contributed by atoms with E-state index in [-0.39, 0.29) is 0 Å². The smallest absolute Gasteiger partial charge is 0.0596 e. The van der Waals surface area contributed by atoms with E-state index in [1.54, 1.807) is 0 Å². The van der Waals surface area contributed by atoms with E-state index in [4.69, 9.17) is 5.73 Å². The van der Waals surface area contributed by atoms with Crippen LogP contribution >= 0.6 is 0 Å². The number of aromatic nitrogens is 2. The van der Waals surface area contributed by atoms with Gasteiger partial charge in [-0.25, -0.2) is 0 Å². The van der Waals surface area contributed by atoms with Crippen LogP contribution in [0.25, 0.3) is 0 Å². The monoisotopic (exact) mass is 207 g/mol. The summed E-state index contributed by atoms with van der Waals surface area (Å²) in [6.07, 6.45) is 3.53. The summed E-state index contributed by atoms with van der Waals surface area (Å²) >= 11 is 0. The van der Waals surface area contributed by atoms with Crippen LogP contribution in [0, 0.1) is 12.8 Å². The molecule has 1 saturated carbocycles. The quantitative estimate of drug-likeness (QED) is 0.765. The van der Waals surface area contributed by atoms with Crippen molar-refractivity contribution in [1.82, 2.24) is 9.78 Å². The number of hydrogen-bond donors (Lipinski definition) is 1. The van der Waals surface area contributed by atoms with E-state index in [1.807, 2.05) is 11.7 Å². The Hall–Kier alpha value is -0.830. The Morgan fingerprint density at radius 3 is 2.80 bits per heavy atom. The number of nitrogens with zero attached hydrogens (tertiary/aromatic N) is 2. The van der Waals surface area contributed by atoms with Crippen LogP contribution in [0.1, 0.15) is 43.5 Å². The Bertz CT molecular complexity index is 343. The molecule has 1 fully saturated rings. The maximum atomic E-state index is 6.05. The first-order chi connectivity index (χ1) is 7.08. The fraction of sp³-hybridized carbons (Fsp3) is 0.750. The zero-order valence-corrected chi connectivity index (χ0v) is 9.90. The van der Waals surface area contributed by atoms with E-state index in [2.05, 4.69) is 25.0 Å². The summed E-state index contributed by atoms with van der Waals surface area (Å²) in [4.78, 5) is 0. The zero-order chi connectivity index (χ0) is 11.0. The SMILES string of the molecule is Cc1cc(C2CC(N)CCC2C)n(C)n1. The van der Waals surface area contributed by atoms with Crippen molar-refractivity contribution in [1.29, 1.82) is 0 Å². The van der Waals surface area contributed by atoms with E-state index in [0.717, 1.165) is 18.0 Å². The summed E-state index contributed by atoms with van der Waals surface area (Å²) in [5.74, 6) is 1.33. The first kappa shape index (κ1) is 10.7. The highest BCUT2D eigenvalue weighted by Crippen LogP contribution is 2.36. The minimum atomic E-state index is 0.376. The van der Waals surface area contributed by atoms with Gasteiger partial charge in [0.15, 0.2) is 0 Å². The lowest BCUT2D eigenvalue weighted by molar-refractivity contribution is 0.290. The lowest BCUT2D eigenvalue weighted by atomic mass is 9.76. The van der Waals surface area contributed by atoms with E-state index in [0.29, 0.717) is 12.0 Å². The zero-order valence-electron chi connectivity index (χ0n) is 9.90. The van der Waals surface area contributed by atoms with Crippen LogP contribution in [-0.4, -0.2) is 15.8 Å². The molecule has 3 atom stereocenters. The second-order valence-corrected chi connectivity index (χ2v) is 4.99. The van der Waals surface area contributed by atoms with E-state index in [1.165, 1.54) is 18.5 Å². The Balaban J connectivity index is 2.24. The first-order valence-corrected chi connectivity index (χ1v) is 5.84. The summed E-state index contributed by atoms with van der Waals surface area (Å²) in [5.41, 5.74) is 8.52. The third kappa shape index (κ3) is 2.07. The van der Waals surface area contributed by atoms with Crippen molar-refractivity contribution in [2.75, 3.05) is 0 Å². The molecule has 0 radical (unpaired) electrons. The van der Waals surface area contributed by atoms with Crippen LogP contribution < -0.4 is 5.73 Å². The average Bonchev–Trinajstić information content (AvgIpc) is 2.50. The van der Waals surface area contributed by atoms with Crippen molar-refractivity contribution in [3.05, 3.63) is 17.5 Å². The maximum Gasteiger partial charge on any atom is 0.0596 e. The summed E-state index contributed by atoms with van der Waals surface area (Å²) in [7, 11) is 2.04. The highest BCUT2D eigenvalue weighted by molar-refractivity contribution is 5.16. The molecule has 1 aromatic rings. The average molecular weight is 207 g/mol. The fourth-order valence-corrected chi connectivity index (χ4v) is 2.74. The fourth-order valence-electron chi connectivity index (χ4n) is 2.74. The van der Waals surface area contributed by atoms with Gasteiger partial charge in [0.1, 0.15) is 0 Å². The van der Waals surface area contributed by atoms with Crippen LogP contribution in [0.3, 0.4) is 0 Å². The molecule has 3 unspecified atom stereocenters. The second-order valence-electron chi connectivity index (χ2n) is 4.99. The van der Waals surface area contributed by atoms with Gasteiger partial charge in [0.2, 0.25) is 0 Å². The van der Waals surface area contributed by atoms with Gasteiger partial charge in [-0.2, -0.15) is 5.10 Å². The highest BCUT2D eigenvalue weighted by Gasteiger charge is 2.29. The molecule has 0 saturated heterocycles. The number of aryl methyl sites for hydroxylation is 2. The van der Waals surface area contributed by atoms with Gasteiger partial charge in [-0.15, -0.1) is 0 Å². The molecular formula is C12H21N3. The molecule has 0 bridgehead atoms. The molecule has 2 N–H and O–H groups in total. The van der Waals surface area contributed by atoms with Crippen LogP contribution in [0.4, 0.5) is 0 Å². The van der Waals surface area contributed by atoms with Crippen LogP contribution in [0.2, 0.25) is 0 Å². The summed E-state index contributed by atoms with van der Waals surface area (Å²) in [5, 5.41) is 4.42. The van der Waals surface area contributed by atoms with Gasteiger partial charge in [-0.1, -0.05) is 6.92 Å². The van der Waals surface area contributed by atoms with Gasteiger partial charge in [0, 0.05) is 24.7 Å². The van der Waals surface area contributed by atoms with Gasteiger partial charge in [0.05, 0.1) is 5.69 Å². The van der Waals surface area contributed by atoms with Gasteiger partial charge < -0.3 is 5.73 Å². The minimum absolute atomic E-state index is 0.376. The van der Waals surface area contributed by atoms with E-state index < -0.39 is 0 Å². The molecule has 0 aromatic carbocycles. The molecule has 1 aliphatic carbocycles. The molecule has 15 heavy (non-hydrogen) atoms. The Morgan fingerprint density at radius 1 is 1.47 bits per heavy atom. The normalized spacial score (nSPS) is 31.9. The van der Waals surface area contributed by atoms with Crippen molar-refractivity contribution in [2.45, 2.75) is 45.1 Å². The number of hydrogen-bond acceptors (Lipinski definition) is 2. The molecule has 84 valence electrons. The summed E-state index contributed by atoms with van der Waals surface area (Å²) in [6, 6.07) is 2.58. The Labute approximate surface area is 91.7 Å². The largest absolute Gasteiger partial charge is 0.328 e. The molecule has 1 aromatic heterocycles. The van der Waals surface area contributed by atoms with Crippen molar-refractivity contribution < 1.29 is 0 Å². The van der Waals surface area contributed by atoms with Gasteiger partial charge >= 0.3 is 0 Å². The van der Waals surface area contributed by atoms with Crippen molar-refractivity contribution >= 4 is 0 Å². The van der Waals surface area contributed by atoms with Crippen molar-refractivity contribution in [3.8, 4) is 0 Å². The third-order valence-corrected chi connectivity index (χ3v) is 3.65. The maximum absolute atomic E-state index is 6.05. The number of nitrogens with two attached hydrogens (primary N) is 1. The topological polar surface area (TPSA) is 43.8 Å². The molecule has 0 spiro atoms. The third-order valence-electron chi connectivity index (χ3n) is 3.65. The Morgan fingerprint density at radius 2 is 2.20 bits per heavy atom. The van der Waals surface area contributed by atoms with E-state index >= 15 is 0 Å². The van der Waals surface area contributed by atoms with Gasteiger partial charge in [-0.3, -0.25) is 4.68 Å². The Kier molecular flexibility index (Phi) is 2.83. The highest BCUT2D eigenvalue weighted by atomic mass is 15.3. The molecule has 3 nitrogen and oxygen atoms in total.